The zero-order valence-corrected chi connectivity index (χ0v) is 13.9. The lowest BCUT2D eigenvalue weighted by Gasteiger charge is -2.31. The summed E-state index contributed by atoms with van der Waals surface area (Å²) >= 11 is 0. The maximum absolute atomic E-state index is 12.5. The van der Waals surface area contributed by atoms with E-state index in [0.29, 0.717) is 12.8 Å². The van der Waals surface area contributed by atoms with Gasteiger partial charge in [0.05, 0.1) is 12.0 Å². The number of rotatable bonds is 7. The van der Waals surface area contributed by atoms with Crippen LogP contribution in [0.25, 0.3) is 10.9 Å². The van der Waals surface area contributed by atoms with Crippen LogP contribution in [0.3, 0.4) is 0 Å². The summed E-state index contributed by atoms with van der Waals surface area (Å²) in [7, 11) is 0. The third kappa shape index (κ3) is 3.73. The molecular formula is C18H24N2O3. The Bertz CT molecular complexity index is 714. The number of aromatic nitrogens is 1. The molecule has 1 amide bonds. The van der Waals surface area contributed by atoms with Gasteiger partial charge in [-0.15, -0.1) is 0 Å². The summed E-state index contributed by atoms with van der Waals surface area (Å²) in [6, 6.07) is 9.97. The van der Waals surface area contributed by atoms with E-state index in [2.05, 4.69) is 5.32 Å². The number of hydrogen-bond donors (Lipinski definition) is 2. The van der Waals surface area contributed by atoms with Gasteiger partial charge in [0.2, 0.25) is 5.91 Å². The molecule has 0 atom stereocenters. The van der Waals surface area contributed by atoms with Crippen molar-refractivity contribution in [3.63, 3.8) is 0 Å². The number of aliphatic carboxylic acids is 1. The molecule has 0 spiro atoms. The van der Waals surface area contributed by atoms with Crippen LogP contribution in [-0.4, -0.2) is 27.1 Å². The van der Waals surface area contributed by atoms with E-state index >= 15 is 0 Å². The maximum Gasteiger partial charge on any atom is 0.305 e. The van der Waals surface area contributed by atoms with Gasteiger partial charge >= 0.3 is 5.97 Å². The summed E-state index contributed by atoms with van der Waals surface area (Å²) in [5.74, 6) is -1.05. The van der Waals surface area contributed by atoms with Gasteiger partial charge in [-0.1, -0.05) is 32.0 Å². The first-order valence-corrected chi connectivity index (χ1v) is 7.98. The molecule has 0 fully saturated rings. The third-order valence-electron chi connectivity index (χ3n) is 4.57. The van der Waals surface area contributed by atoms with E-state index in [1.807, 2.05) is 55.7 Å². The summed E-state index contributed by atoms with van der Waals surface area (Å²) in [5.41, 5.74) is 1.34. The van der Waals surface area contributed by atoms with Gasteiger partial charge in [-0.25, -0.2) is 0 Å². The van der Waals surface area contributed by atoms with Crippen molar-refractivity contribution in [2.75, 3.05) is 0 Å². The molecule has 0 aliphatic heterocycles. The van der Waals surface area contributed by atoms with Gasteiger partial charge in [0, 0.05) is 11.2 Å². The van der Waals surface area contributed by atoms with Crippen molar-refractivity contribution >= 4 is 22.8 Å². The molecule has 0 saturated carbocycles. The van der Waals surface area contributed by atoms with Gasteiger partial charge < -0.3 is 15.0 Å². The van der Waals surface area contributed by atoms with Crippen LogP contribution in [0.4, 0.5) is 0 Å². The summed E-state index contributed by atoms with van der Waals surface area (Å²) in [4.78, 5) is 23.6. The standard InChI is InChI=1S/C18H24N2O3/c1-4-18(5-2,11-17(22)23)19-16(21)12-20-13(3)10-14-8-6-7-9-15(14)20/h6-10H,4-5,11-12H2,1-3H3,(H,19,21)(H,22,23). The van der Waals surface area contributed by atoms with Crippen molar-refractivity contribution in [1.29, 1.82) is 0 Å². The Morgan fingerprint density at radius 1 is 1.22 bits per heavy atom. The fraction of sp³-hybridized carbons (Fsp3) is 0.444. The molecule has 0 radical (unpaired) electrons. The number of aryl methyl sites for hydroxylation is 1. The molecule has 0 bridgehead atoms. The fourth-order valence-corrected chi connectivity index (χ4v) is 3.05. The Morgan fingerprint density at radius 2 is 1.87 bits per heavy atom. The average molecular weight is 316 g/mol. The van der Waals surface area contributed by atoms with Crippen LogP contribution in [0, 0.1) is 6.92 Å². The molecular weight excluding hydrogens is 292 g/mol. The van der Waals surface area contributed by atoms with Gasteiger partial charge in [-0.3, -0.25) is 9.59 Å². The van der Waals surface area contributed by atoms with E-state index in [1.54, 1.807) is 0 Å². The molecule has 1 heterocycles. The number of carboxylic acids is 1. The molecule has 2 aromatic rings. The van der Waals surface area contributed by atoms with Gasteiger partial charge in [-0.05, 0) is 37.3 Å². The largest absolute Gasteiger partial charge is 0.481 e. The first-order valence-electron chi connectivity index (χ1n) is 7.98. The second kappa shape index (κ2) is 6.86. The highest BCUT2D eigenvalue weighted by Crippen LogP contribution is 2.22. The van der Waals surface area contributed by atoms with Crippen LogP contribution in [0.5, 0.6) is 0 Å². The predicted octanol–water partition coefficient (Wildman–Crippen LogP) is 3.10. The summed E-state index contributed by atoms with van der Waals surface area (Å²) in [6.45, 7) is 5.98. The van der Waals surface area contributed by atoms with Crippen LogP contribution < -0.4 is 5.32 Å². The second-order valence-corrected chi connectivity index (χ2v) is 6.04. The number of fused-ring (bicyclic) bond motifs is 1. The number of benzene rings is 1. The highest BCUT2D eigenvalue weighted by atomic mass is 16.4. The first-order chi connectivity index (χ1) is 10.9. The Kier molecular flexibility index (Phi) is 5.08. The average Bonchev–Trinajstić information content (AvgIpc) is 2.82. The lowest BCUT2D eigenvalue weighted by atomic mass is 9.89. The summed E-state index contributed by atoms with van der Waals surface area (Å²) in [5, 5.41) is 13.2. The second-order valence-electron chi connectivity index (χ2n) is 6.04. The van der Waals surface area contributed by atoms with E-state index in [1.165, 1.54) is 0 Å². The zero-order chi connectivity index (χ0) is 17.0. The Hall–Kier alpha value is -2.30. The van der Waals surface area contributed by atoms with Crippen LogP contribution in [-0.2, 0) is 16.1 Å². The molecule has 23 heavy (non-hydrogen) atoms. The lowest BCUT2D eigenvalue weighted by Crippen LogP contribution is -2.50. The van der Waals surface area contributed by atoms with E-state index < -0.39 is 11.5 Å². The molecule has 2 N–H and O–H groups in total. The minimum atomic E-state index is -0.892. The van der Waals surface area contributed by atoms with Crippen molar-refractivity contribution in [2.24, 2.45) is 0 Å². The van der Waals surface area contributed by atoms with Crippen molar-refractivity contribution < 1.29 is 14.7 Å². The maximum atomic E-state index is 12.5. The number of nitrogens with zero attached hydrogens (tertiary/aromatic N) is 1. The number of carboxylic acid groups (broad SMARTS) is 1. The van der Waals surface area contributed by atoms with Crippen molar-refractivity contribution in [2.45, 2.75) is 52.1 Å². The number of para-hydroxylation sites is 1. The number of hydrogen-bond acceptors (Lipinski definition) is 2. The Morgan fingerprint density at radius 3 is 2.48 bits per heavy atom. The van der Waals surface area contributed by atoms with Gasteiger partial charge in [-0.2, -0.15) is 0 Å². The number of amides is 1. The fourth-order valence-electron chi connectivity index (χ4n) is 3.05. The number of carbonyl (C=O) groups is 2. The van der Waals surface area contributed by atoms with E-state index in [4.69, 9.17) is 5.11 Å². The van der Waals surface area contributed by atoms with Crippen LogP contribution >= 0.6 is 0 Å². The molecule has 2 rings (SSSR count). The minimum absolute atomic E-state index is 0.0584. The molecule has 1 aromatic heterocycles. The van der Waals surface area contributed by atoms with Crippen molar-refractivity contribution in [1.82, 2.24) is 9.88 Å². The number of carbonyl (C=O) groups excluding carboxylic acids is 1. The van der Waals surface area contributed by atoms with Crippen LogP contribution in [0.15, 0.2) is 30.3 Å². The highest BCUT2D eigenvalue weighted by molar-refractivity contribution is 5.84. The smallest absolute Gasteiger partial charge is 0.305 e. The lowest BCUT2D eigenvalue weighted by molar-refractivity contribution is -0.139. The van der Waals surface area contributed by atoms with Crippen LogP contribution in [0.1, 0.15) is 38.8 Å². The molecule has 5 nitrogen and oxygen atoms in total. The molecule has 124 valence electrons. The molecule has 0 aliphatic carbocycles. The van der Waals surface area contributed by atoms with Gasteiger partial charge in [0.1, 0.15) is 6.54 Å². The van der Waals surface area contributed by atoms with E-state index in [-0.39, 0.29) is 18.9 Å². The monoisotopic (exact) mass is 316 g/mol. The van der Waals surface area contributed by atoms with Gasteiger partial charge in [0.15, 0.2) is 0 Å². The van der Waals surface area contributed by atoms with Gasteiger partial charge in [0.25, 0.3) is 0 Å². The Balaban J connectivity index is 2.20. The van der Waals surface area contributed by atoms with E-state index in [0.717, 1.165) is 16.6 Å². The summed E-state index contributed by atoms with van der Waals surface area (Å²) < 4.78 is 1.96. The molecule has 0 unspecified atom stereocenters. The topological polar surface area (TPSA) is 71.3 Å². The Labute approximate surface area is 136 Å². The first kappa shape index (κ1) is 17.1. The van der Waals surface area contributed by atoms with E-state index in [9.17, 15) is 9.59 Å². The van der Waals surface area contributed by atoms with Crippen LogP contribution in [0.2, 0.25) is 0 Å². The highest BCUT2D eigenvalue weighted by Gasteiger charge is 2.31. The quantitative estimate of drug-likeness (QED) is 0.824. The molecule has 5 heteroatoms. The summed E-state index contributed by atoms with van der Waals surface area (Å²) in [6.07, 6.45) is 1.12. The SMILES string of the molecule is CCC(CC)(CC(=O)O)NC(=O)Cn1c(C)cc2ccccc21. The zero-order valence-electron chi connectivity index (χ0n) is 13.9. The normalized spacial score (nSPS) is 11.6. The minimum Gasteiger partial charge on any atom is -0.481 e. The third-order valence-corrected chi connectivity index (χ3v) is 4.57. The van der Waals surface area contributed by atoms with Crippen molar-refractivity contribution in [3.8, 4) is 0 Å². The predicted molar refractivity (Wildman–Crippen MR) is 90.4 cm³/mol. The molecule has 1 aromatic carbocycles. The molecule has 0 aliphatic rings. The van der Waals surface area contributed by atoms with Crippen molar-refractivity contribution in [3.05, 3.63) is 36.0 Å². The number of nitrogens with one attached hydrogen (secondary N) is 1. The molecule has 0 saturated heterocycles.